The molecule has 0 saturated heterocycles. The third-order valence-electron chi connectivity index (χ3n) is 3.24. The summed E-state index contributed by atoms with van der Waals surface area (Å²) in [6.07, 6.45) is 18.8. The lowest BCUT2D eigenvalue weighted by molar-refractivity contribution is -0.204. The topological polar surface area (TPSA) is 66.8 Å². The third kappa shape index (κ3) is 14.9. The highest BCUT2D eigenvalue weighted by Crippen LogP contribution is 2.08. The Kier molecular flexibility index (Phi) is 14.7. The molecule has 0 atom stereocenters. The number of carboxylic acids is 1. The molecule has 0 aromatic carbocycles. The SMILES string of the molecule is CCCCCC=CCC=C(CC=CCCCCC(=O)O)OO. The van der Waals surface area contributed by atoms with Gasteiger partial charge in [0, 0.05) is 12.8 Å². The average Bonchev–Trinajstić information content (AvgIpc) is 2.50. The van der Waals surface area contributed by atoms with Gasteiger partial charge < -0.3 is 9.99 Å². The normalized spacial score (nSPS) is 12.4. The highest BCUT2D eigenvalue weighted by molar-refractivity contribution is 5.66. The van der Waals surface area contributed by atoms with Crippen molar-refractivity contribution in [2.75, 3.05) is 0 Å². The van der Waals surface area contributed by atoms with Gasteiger partial charge in [0.05, 0.1) is 0 Å². The molecule has 0 aliphatic rings. The molecule has 22 heavy (non-hydrogen) atoms. The summed E-state index contributed by atoms with van der Waals surface area (Å²) in [7, 11) is 0. The molecule has 0 spiro atoms. The Morgan fingerprint density at radius 2 is 1.68 bits per heavy atom. The summed E-state index contributed by atoms with van der Waals surface area (Å²) in [5.74, 6) is -0.203. The van der Waals surface area contributed by atoms with Crippen LogP contribution in [0.15, 0.2) is 36.1 Å². The van der Waals surface area contributed by atoms with E-state index in [0.717, 1.165) is 25.7 Å². The molecule has 0 aliphatic heterocycles. The Morgan fingerprint density at radius 1 is 1.00 bits per heavy atom. The molecule has 4 heteroatoms. The van der Waals surface area contributed by atoms with E-state index in [2.05, 4.69) is 24.0 Å². The molecule has 0 saturated carbocycles. The lowest BCUT2D eigenvalue weighted by Gasteiger charge is -1.99. The van der Waals surface area contributed by atoms with E-state index in [1.165, 1.54) is 19.3 Å². The van der Waals surface area contributed by atoms with Crippen LogP contribution in [-0.2, 0) is 9.68 Å². The van der Waals surface area contributed by atoms with E-state index >= 15 is 0 Å². The fourth-order valence-corrected chi connectivity index (χ4v) is 1.94. The van der Waals surface area contributed by atoms with Crippen LogP contribution in [0.1, 0.15) is 71.1 Å². The van der Waals surface area contributed by atoms with Crippen LogP contribution in [0.3, 0.4) is 0 Å². The fourth-order valence-electron chi connectivity index (χ4n) is 1.94. The Labute approximate surface area is 134 Å². The van der Waals surface area contributed by atoms with Gasteiger partial charge in [-0.15, -0.1) is 0 Å². The van der Waals surface area contributed by atoms with Crippen LogP contribution in [0.25, 0.3) is 0 Å². The number of rotatable bonds is 14. The summed E-state index contributed by atoms with van der Waals surface area (Å²) >= 11 is 0. The number of unbranched alkanes of at least 4 members (excludes halogenated alkanes) is 5. The van der Waals surface area contributed by atoms with Crippen LogP contribution in [-0.4, -0.2) is 16.3 Å². The highest BCUT2D eigenvalue weighted by atomic mass is 17.1. The van der Waals surface area contributed by atoms with Crippen molar-refractivity contribution >= 4 is 5.97 Å². The van der Waals surface area contributed by atoms with E-state index in [1.54, 1.807) is 0 Å². The lowest BCUT2D eigenvalue weighted by atomic mass is 10.1. The quantitative estimate of drug-likeness (QED) is 0.147. The number of carboxylic acid groups (broad SMARTS) is 1. The smallest absolute Gasteiger partial charge is 0.303 e. The zero-order chi connectivity index (χ0) is 16.5. The zero-order valence-corrected chi connectivity index (χ0v) is 13.7. The maximum atomic E-state index is 10.3. The van der Waals surface area contributed by atoms with Gasteiger partial charge in [0.1, 0.15) is 5.76 Å². The standard InChI is InChI=1S/C18H30O4/c1-2-3-4-5-6-8-11-14-17(22-21)15-12-9-7-10-13-16-18(19)20/h6,8-9,12,14,21H,2-5,7,10-11,13,15-16H2,1H3,(H,19,20). The minimum absolute atomic E-state index is 0.226. The van der Waals surface area contributed by atoms with Crippen molar-refractivity contribution in [1.82, 2.24) is 0 Å². The number of hydrogen-bond acceptors (Lipinski definition) is 3. The first kappa shape index (κ1) is 20.5. The molecule has 0 unspecified atom stereocenters. The maximum Gasteiger partial charge on any atom is 0.303 e. The minimum atomic E-state index is -0.745. The van der Waals surface area contributed by atoms with Gasteiger partial charge in [-0.2, -0.15) is 0 Å². The lowest BCUT2D eigenvalue weighted by Crippen LogP contribution is -1.92. The molecular weight excluding hydrogens is 280 g/mol. The predicted molar refractivity (Wildman–Crippen MR) is 89.6 cm³/mol. The summed E-state index contributed by atoms with van der Waals surface area (Å²) in [5, 5.41) is 17.3. The van der Waals surface area contributed by atoms with Crippen molar-refractivity contribution in [3.05, 3.63) is 36.1 Å². The van der Waals surface area contributed by atoms with E-state index in [1.807, 2.05) is 18.2 Å². The van der Waals surface area contributed by atoms with Crippen molar-refractivity contribution in [2.45, 2.75) is 71.1 Å². The van der Waals surface area contributed by atoms with Crippen molar-refractivity contribution in [3.8, 4) is 0 Å². The molecule has 0 fully saturated rings. The van der Waals surface area contributed by atoms with E-state index in [4.69, 9.17) is 10.4 Å². The summed E-state index contributed by atoms with van der Waals surface area (Å²) in [6.45, 7) is 2.19. The Hall–Kier alpha value is -1.55. The van der Waals surface area contributed by atoms with Crippen LogP contribution in [0.4, 0.5) is 0 Å². The zero-order valence-electron chi connectivity index (χ0n) is 13.7. The number of allylic oxidation sites excluding steroid dienone is 5. The Bertz CT molecular complexity index is 356. The molecular formula is C18H30O4. The third-order valence-corrected chi connectivity index (χ3v) is 3.24. The molecule has 0 aromatic heterocycles. The first-order chi connectivity index (χ1) is 10.7. The van der Waals surface area contributed by atoms with Crippen LogP contribution < -0.4 is 0 Å². The predicted octanol–water partition coefficient (Wildman–Crippen LogP) is 5.48. The van der Waals surface area contributed by atoms with Gasteiger partial charge in [-0.05, 0) is 44.6 Å². The number of hydrogen-bond donors (Lipinski definition) is 2. The van der Waals surface area contributed by atoms with Gasteiger partial charge in [0.15, 0.2) is 0 Å². The highest BCUT2D eigenvalue weighted by Gasteiger charge is 1.95. The molecule has 0 radical (unpaired) electrons. The van der Waals surface area contributed by atoms with Crippen LogP contribution in [0, 0.1) is 0 Å². The molecule has 126 valence electrons. The number of carbonyl (C=O) groups is 1. The molecule has 0 bridgehead atoms. The van der Waals surface area contributed by atoms with E-state index in [9.17, 15) is 4.79 Å². The molecule has 0 amide bonds. The fraction of sp³-hybridized carbons (Fsp3) is 0.611. The van der Waals surface area contributed by atoms with Crippen molar-refractivity contribution in [2.24, 2.45) is 0 Å². The van der Waals surface area contributed by atoms with E-state index in [-0.39, 0.29) is 6.42 Å². The monoisotopic (exact) mass is 310 g/mol. The Morgan fingerprint density at radius 3 is 2.32 bits per heavy atom. The van der Waals surface area contributed by atoms with Crippen LogP contribution in [0.2, 0.25) is 0 Å². The summed E-state index contributed by atoms with van der Waals surface area (Å²) in [5.41, 5.74) is 0. The van der Waals surface area contributed by atoms with Crippen molar-refractivity contribution in [1.29, 1.82) is 0 Å². The van der Waals surface area contributed by atoms with Gasteiger partial charge in [0.2, 0.25) is 0 Å². The maximum absolute atomic E-state index is 10.3. The molecule has 0 rings (SSSR count). The van der Waals surface area contributed by atoms with Gasteiger partial charge in [-0.3, -0.25) is 4.79 Å². The summed E-state index contributed by atoms with van der Waals surface area (Å²) in [4.78, 5) is 14.7. The first-order valence-corrected chi connectivity index (χ1v) is 8.23. The van der Waals surface area contributed by atoms with Gasteiger partial charge in [-0.1, -0.05) is 44.1 Å². The molecule has 0 heterocycles. The van der Waals surface area contributed by atoms with E-state index in [0.29, 0.717) is 18.6 Å². The Balaban J connectivity index is 3.75. The largest absolute Gasteiger partial charge is 0.481 e. The van der Waals surface area contributed by atoms with Gasteiger partial charge in [-0.25, -0.2) is 5.26 Å². The van der Waals surface area contributed by atoms with E-state index < -0.39 is 5.97 Å². The van der Waals surface area contributed by atoms with Crippen LogP contribution >= 0.6 is 0 Å². The van der Waals surface area contributed by atoms with Crippen LogP contribution in [0.5, 0.6) is 0 Å². The molecule has 2 N–H and O–H groups in total. The first-order valence-electron chi connectivity index (χ1n) is 8.23. The molecule has 0 aromatic rings. The summed E-state index contributed by atoms with van der Waals surface area (Å²) in [6, 6.07) is 0. The second kappa shape index (κ2) is 15.8. The van der Waals surface area contributed by atoms with Gasteiger partial charge >= 0.3 is 5.97 Å². The van der Waals surface area contributed by atoms with Crippen molar-refractivity contribution in [3.63, 3.8) is 0 Å². The second-order valence-corrected chi connectivity index (χ2v) is 5.28. The summed E-state index contributed by atoms with van der Waals surface area (Å²) < 4.78 is 0. The minimum Gasteiger partial charge on any atom is -0.481 e. The van der Waals surface area contributed by atoms with Crippen molar-refractivity contribution < 1.29 is 20.0 Å². The second-order valence-electron chi connectivity index (χ2n) is 5.28. The average molecular weight is 310 g/mol. The number of aliphatic carboxylic acids is 1. The van der Waals surface area contributed by atoms with Gasteiger partial charge in [0.25, 0.3) is 0 Å². The molecule has 4 nitrogen and oxygen atoms in total. The molecule has 0 aliphatic carbocycles.